The average molecular weight is 211 g/mol. The van der Waals surface area contributed by atoms with Crippen LogP contribution in [0.4, 0.5) is 0 Å². The molecular weight excluding hydrogens is 190 g/mol. The van der Waals surface area contributed by atoms with Crippen molar-refractivity contribution in [1.29, 1.82) is 0 Å². The van der Waals surface area contributed by atoms with Gasteiger partial charge in [0.15, 0.2) is 0 Å². The van der Waals surface area contributed by atoms with Crippen molar-refractivity contribution in [2.75, 3.05) is 19.6 Å². The first kappa shape index (κ1) is 10.9. The molecule has 1 heterocycles. The fourth-order valence-corrected chi connectivity index (χ4v) is 2.08. The maximum absolute atomic E-state index is 11.7. The molecule has 15 heavy (non-hydrogen) atoms. The van der Waals surface area contributed by atoms with E-state index in [9.17, 15) is 4.79 Å². The minimum Gasteiger partial charge on any atom is -0.352 e. The van der Waals surface area contributed by atoms with E-state index in [4.69, 9.17) is 5.73 Å². The van der Waals surface area contributed by atoms with Crippen LogP contribution in [0.3, 0.4) is 0 Å². The number of nitrogens with one attached hydrogen (secondary N) is 1. The zero-order valence-electron chi connectivity index (χ0n) is 9.46. The van der Waals surface area contributed by atoms with Gasteiger partial charge in [0.25, 0.3) is 0 Å². The second kappa shape index (κ2) is 4.10. The highest BCUT2D eigenvalue weighted by Gasteiger charge is 2.46. The van der Waals surface area contributed by atoms with Crippen molar-refractivity contribution >= 4 is 5.91 Å². The molecule has 0 aromatic heterocycles. The first-order valence-corrected chi connectivity index (χ1v) is 5.96. The van der Waals surface area contributed by atoms with Gasteiger partial charge in [-0.15, -0.1) is 0 Å². The first-order valence-electron chi connectivity index (χ1n) is 5.96. The lowest BCUT2D eigenvalue weighted by molar-refractivity contribution is -0.124. The summed E-state index contributed by atoms with van der Waals surface area (Å²) in [6.45, 7) is 5.48. The SMILES string of the molecule is CCN1CCC(NC(=O)C2(N)CC2)CC1. The van der Waals surface area contributed by atoms with Crippen molar-refractivity contribution < 1.29 is 4.79 Å². The van der Waals surface area contributed by atoms with Crippen LogP contribution in [0.2, 0.25) is 0 Å². The number of rotatable bonds is 3. The van der Waals surface area contributed by atoms with E-state index in [1.54, 1.807) is 0 Å². The van der Waals surface area contributed by atoms with Gasteiger partial charge in [-0.2, -0.15) is 0 Å². The molecular formula is C11H21N3O. The standard InChI is InChI=1S/C11H21N3O/c1-2-14-7-3-9(4-8-14)13-10(15)11(12)5-6-11/h9H,2-8,12H2,1H3,(H,13,15). The van der Waals surface area contributed by atoms with Gasteiger partial charge in [-0.25, -0.2) is 0 Å². The third-order valence-corrected chi connectivity index (χ3v) is 3.61. The monoisotopic (exact) mass is 211 g/mol. The zero-order valence-corrected chi connectivity index (χ0v) is 9.46. The van der Waals surface area contributed by atoms with E-state index in [2.05, 4.69) is 17.1 Å². The number of carbonyl (C=O) groups is 1. The Morgan fingerprint density at radius 2 is 2.07 bits per heavy atom. The van der Waals surface area contributed by atoms with Crippen molar-refractivity contribution in [2.24, 2.45) is 5.73 Å². The number of nitrogens with two attached hydrogens (primary N) is 1. The summed E-state index contributed by atoms with van der Waals surface area (Å²) in [6, 6.07) is 0.348. The third kappa shape index (κ3) is 2.49. The Morgan fingerprint density at radius 3 is 2.53 bits per heavy atom. The molecule has 1 aliphatic heterocycles. The normalized spacial score (nSPS) is 26.3. The van der Waals surface area contributed by atoms with Crippen LogP contribution in [0.15, 0.2) is 0 Å². The van der Waals surface area contributed by atoms with E-state index in [1.807, 2.05) is 0 Å². The van der Waals surface area contributed by atoms with Crippen LogP contribution in [0.1, 0.15) is 32.6 Å². The second-order valence-corrected chi connectivity index (χ2v) is 4.84. The molecule has 86 valence electrons. The first-order chi connectivity index (χ1) is 7.14. The van der Waals surface area contributed by atoms with Gasteiger partial charge < -0.3 is 16.0 Å². The highest BCUT2D eigenvalue weighted by Crippen LogP contribution is 2.32. The molecule has 0 aromatic rings. The zero-order chi connectivity index (χ0) is 10.9. The van der Waals surface area contributed by atoms with E-state index in [-0.39, 0.29) is 5.91 Å². The highest BCUT2D eigenvalue weighted by molar-refractivity contribution is 5.89. The van der Waals surface area contributed by atoms with Gasteiger partial charge in [0, 0.05) is 19.1 Å². The maximum Gasteiger partial charge on any atom is 0.240 e. The number of hydrogen-bond donors (Lipinski definition) is 2. The lowest BCUT2D eigenvalue weighted by atomic mass is 10.0. The predicted octanol–water partition coefficient (Wildman–Crippen LogP) is 0.0782. The van der Waals surface area contributed by atoms with E-state index in [0.29, 0.717) is 6.04 Å². The Bertz CT molecular complexity index is 242. The van der Waals surface area contributed by atoms with Crippen LogP contribution >= 0.6 is 0 Å². The summed E-state index contributed by atoms with van der Waals surface area (Å²) in [5.41, 5.74) is 5.33. The summed E-state index contributed by atoms with van der Waals surface area (Å²) >= 11 is 0. The molecule has 0 bridgehead atoms. The van der Waals surface area contributed by atoms with Gasteiger partial charge in [-0.1, -0.05) is 6.92 Å². The Kier molecular flexibility index (Phi) is 2.98. The van der Waals surface area contributed by atoms with Crippen molar-refractivity contribution in [3.05, 3.63) is 0 Å². The van der Waals surface area contributed by atoms with Gasteiger partial charge in [0.2, 0.25) is 5.91 Å². The molecule has 1 amide bonds. The summed E-state index contributed by atoms with van der Waals surface area (Å²) < 4.78 is 0. The molecule has 0 unspecified atom stereocenters. The molecule has 1 saturated heterocycles. The quantitative estimate of drug-likeness (QED) is 0.695. The molecule has 1 aliphatic carbocycles. The molecule has 2 fully saturated rings. The molecule has 0 spiro atoms. The van der Waals surface area contributed by atoms with Gasteiger partial charge in [-0.05, 0) is 32.2 Å². The summed E-state index contributed by atoms with van der Waals surface area (Å²) in [4.78, 5) is 14.1. The van der Waals surface area contributed by atoms with Crippen molar-refractivity contribution in [2.45, 2.75) is 44.2 Å². The summed E-state index contributed by atoms with van der Waals surface area (Å²) in [7, 11) is 0. The second-order valence-electron chi connectivity index (χ2n) is 4.84. The topological polar surface area (TPSA) is 58.4 Å². The summed E-state index contributed by atoms with van der Waals surface area (Å²) in [6.07, 6.45) is 3.84. The minimum absolute atomic E-state index is 0.0671. The highest BCUT2D eigenvalue weighted by atomic mass is 16.2. The van der Waals surface area contributed by atoms with E-state index in [1.165, 1.54) is 0 Å². The van der Waals surface area contributed by atoms with Crippen LogP contribution in [0, 0.1) is 0 Å². The number of nitrogens with zero attached hydrogens (tertiary/aromatic N) is 1. The molecule has 2 rings (SSSR count). The van der Waals surface area contributed by atoms with Crippen LogP contribution in [0.5, 0.6) is 0 Å². The van der Waals surface area contributed by atoms with E-state index < -0.39 is 5.54 Å². The van der Waals surface area contributed by atoms with Gasteiger partial charge in [0.1, 0.15) is 0 Å². The predicted molar refractivity (Wildman–Crippen MR) is 59.4 cm³/mol. The molecule has 0 aromatic carbocycles. The molecule has 0 radical (unpaired) electrons. The Hall–Kier alpha value is -0.610. The van der Waals surface area contributed by atoms with E-state index in [0.717, 1.165) is 45.3 Å². The number of piperidine rings is 1. The van der Waals surface area contributed by atoms with Crippen molar-refractivity contribution in [1.82, 2.24) is 10.2 Å². The van der Waals surface area contributed by atoms with Gasteiger partial charge in [-0.3, -0.25) is 4.79 Å². The van der Waals surface area contributed by atoms with Gasteiger partial charge in [0.05, 0.1) is 5.54 Å². The molecule has 4 nitrogen and oxygen atoms in total. The fourth-order valence-electron chi connectivity index (χ4n) is 2.08. The van der Waals surface area contributed by atoms with Crippen molar-refractivity contribution in [3.63, 3.8) is 0 Å². The number of likely N-dealkylation sites (tertiary alicyclic amines) is 1. The summed E-state index contributed by atoms with van der Waals surface area (Å²) in [5, 5.41) is 3.08. The molecule has 2 aliphatic rings. The fraction of sp³-hybridized carbons (Fsp3) is 0.909. The number of carbonyl (C=O) groups excluding carboxylic acids is 1. The molecule has 0 atom stereocenters. The third-order valence-electron chi connectivity index (χ3n) is 3.61. The van der Waals surface area contributed by atoms with Crippen LogP contribution in [-0.2, 0) is 4.79 Å². The van der Waals surface area contributed by atoms with E-state index >= 15 is 0 Å². The average Bonchev–Trinajstić information content (AvgIpc) is 2.99. The molecule has 4 heteroatoms. The largest absolute Gasteiger partial charge is 0.352 e. The smallest absolute Gasteiger partial charge is 0.240 e. The number of amides is 1. The number of hydrogen-bond acceptors (Lipinski definition) is 3. The Labute approximate surface area is 91.2 Å². The van der Waals surface area contributed by atoms with Crippen molar-refractivity contribution in [3.8, 4) is 0 Å². The Morgan fingerprint density at radius 1 is 1.47 bits per heavy atom. The molecule has 1 saturated carbocycles. The van der Waals surface area contributed by atoms with Crippen LogP contribution < -0.4 is 11.1 Å². The minimum atomic E-state index is -0.512. The maximum atomic E-state index is 11.7. The lowest BCUT2D eigenvalue weighted by Crippen LogP contribution is -2.50. The van der Waals surface area contributed by atoms with Gasteiger partial charge >= 0.3 is 0 Å². The summed E-state index contributed by atoms with van der Waals surface area (Å²) in [5.74, 6) is 0.0671. The lowest BCUT2D eigenvalue weighted by Gasteiger charge is -2.32. The molecule has 3 N–H and O–H groups in total. The van der Waals surface area contributed by atoms with Crippen LogP contribution in [0.25, 0.3) is 0 Å². The Balaban J connectivity index is 1.74. The van der Waals surface area contributed by atoms with Crippen LogP contribution in [-0.4, -0.2) is 42.0 Å².